The summed E-state index contributed by atoms with van der Waals surface area (Å²) >= 11 is 0. The molecular formula is C23H38N4O2. The van der Waals surface area contributed by atoms with Crippen LogP contribution in [0.25, 0.3) is 0 Å². The van der Waals surface area contributed by atoms with E-state index in [4.69, 9.17) is 4.74 Å². The molecule has 0 bridgehead atoms. The van der Waals surface area contributed by atoms with Gasteiger partial charge in [0.1, 0.15) is 0 Å². The Labute approximate surface area is 176 Å². The maximum Gasteiger partial charge on any atom is 0.223 e. The zero-order valence-corrected chi connectivity index (χ0v) is 18.3. The molecule has 162 valence electrons. The Morgan fingerprint density at radius 2 is 2.03 bits per heavy atom. The van der Waals surface area contributed by atoms with E-state index in [9.17, 15) is 4.79 Å². The van der Waals surface area contributed by atoms with Gasteiger partial charge >= 0.3 is 0 Å². The van der Waals surface area contributed by atoms with Crippen LogP contribution in [0.5, 0.6) is 0 Å². The van der Waals surface area contributed by atoms with Crippen molar-refractivity contribution in [1.82, 2.24) is 15.5 Å². The van der Waals surface area contributed by atoms with E-state index in [0.29, 0.717) is 25.5 Å². The molecule has 29 heavy (non-hydrogen) atoms. The highest BCUT2D eigenvalue weighted by Crippen LogP contribution is 2.18. The van der Waals surface area contributed by atoms with Crippen LogP contribution in [0, 0.1) is 11.8 Å². The number of aliphatic imine (C=N–C) groups is 1. The summed E-state index contributed by atoms with van der Waals surface area (Å²) in [4.78, 5) is 19.0. The SMILES string of the molecule is CCNC(=NCC1CC(=O)N(CCc2ccccc2)C1)NCCOCCC(C)C. The van der Waals surface area contributed by atoms with Crippen LogP contribution in [0.2, 0.25) is 0 Å². The summed E-state index contributed by atoms with van der Waals surface area (Å²) in [6.45, 7) is 11.7. The Morgan fingerprint density at radius 1 is 1.24 bits per heavy atom. The number of guanidine groups is 1. The number of carbonyl (C=O) groups is 1. The van der Waals surface area contributed by atoms with Crippen molar-refractivity contribution < 1.29 is 9.53 Å². The van der Waals surface area contributed by atoms with Gasteiger partial charge in [-0.1, -0.05) is 44.2 Å². The molecule has 0 saturated carbocycles. The fraction of sp³-hybridized carbons (Fsp3) is 0.652. The number of ether oxygens (including phenoxy) is 1. The molecule has 0 aromatic heterocycles. The molecule has 0 aliphatic carbocycles. The second-order valence-corrected chi connectivity index (χ2v) is 8.09. The number of amides is 1. The lowest BCUT2D eigenvalue weighted by molar-refractivity contribution is -0.127. The Morgan fingerprint density at radius 3 is 2.76 bits per heavy atom. The van der Waals surface area contributed by atoms with E-state index in [0.717, 1.165) is 51.6 Å². The van der Waals surface area contributed by atoms with Gasteiger partial charge in [0.15, 0.2) is 5.96 Å². The second kappa shape index (κ2) is 13.2. The van der Waals surface area contributed by atoms with Crippen molar-refractivity contribution in [3.8, 4) is 0 Å². The Hall–Kier alpha value is -2.08. The third-order valence-corrected chi connectivity index (χ3v) is 5.04. The highest BCUT2D eigenvalue weighted by molar-refractivity contribution is 5.80. The molecule has 1 aromatic rings. The minimum absolute atomic E-state index is 0.248. The van der Waals surface area contributed by atoms with Crippen molar-refractivity contribution in [3.63, 3.8) is 0 Å². The molecule has 1 aromatic carbocycles. The van der Waals surface area contributed by atoms with E-state index in [1.54, 1.807) is 0 Å². The van der Waals surface area contributed by atoms with E-state index in [1.807, 2.05) is 23.1 Å². The minimum Gasteiger partial charge on any atom is -0.380 e. The van der Waals surface area contributed by atoms with Crippen LogP contribution in [0.1, 0.15) is 39.2 Å². The first-order valence-electron chi connectivity index (χ1n) is 11.0. The summed E-state index contributed by atoms with van der Waals surface area (Å²) in [5.74, 6) is 2.01. The average molecular weight is 403 g/mol. The molecule has 1 aliphatic heterocycles. The molecule has 1 amide bonds. The quantitative estimate of drug-likeness (QED) is 0.320. The molecule has 0 radical (unpaired) electrons. The Bertz CT molecular complexity index is 619. The van der Waals surface area contributed by atoms with Crippen LogP contribution in [-0.4, -0.2) is 62.7 Å². The molecule has 1 aliphatic rings. The summed E-state index contributed by atoms with van der Waals surface area (Å²) in [5.41, 5.74) is 1.27. The highest BCUT2D eigenvalue weighted by Gasteiger charge is 2.28. The lowest BCUT2D eigenvalue weighted by atomic mass is 10.1. The summed E-state index contributed by atoms with van der Waals surface area (Å²) in [7, 11) is 0. The highest BCUT2D eigenvalue weighted by atomic mass is 16.5. The van der Waals surface area contributed by atoms with Gasteiger partial charge in [-0.25, -0.2) is 0 Å². The Kier molecular flexibility index (Phi) is 10.6. The normalized spacial score (nSPS) is 17.2. The van der Waals surface area contributed by atoms with Crippen LogP contribution >= 0.6 is 0 Å². The molecule has 6 nitrogen and oxygen atoms in total. The number of benzene rings is 1. The van der Waals surface area contributed by atoms with Gasteiger partial charge in [0.25, 0.3) is 0 Å². The van der Waals surface area contributed by atoms with Crippen LogP contribution < -0.4 is 10.6 Å². The molecule has 1 atom stereocenters. The summed E-state index contributed by atoms with van der Waals surface area (Å²) in [6.07, 6.45) is 2.59. The van der Waals surface area contributed by atoms with Crippen molar-refractivity contribution in [2.45, 2.75) is 40.0 Å². The first-order valence-corrected chi connectivity index (χ1v) is 11.0. The van der Waals surface area contributed by atoms with Crippen LogP contribution in [0.3, 0.4) is 0 Å². The number of carbonyl (C=O) groups excluding carboxylic acids is 1. The van der Waals surface area contributed by atoms with Crippen molar-refractivity contribution in [1.29, 1.82) is 0 Å². The number of likely N-dealkylation sites (tertiary alicyclic amines) is 1. The van der Waals surface area contributed by atoms with Crippen molar-refractivity contribution in [3.05, 3.63) is 35.9 Å². The van der Waals surface area contributed by atoms with E-state index >= 15 is 0 Å². The molecule has 1 heterocycles. The van der Waals surface area contributed by atoms with E-state index in [-0.39, 0.29) is 11.8 Å². The van der Waals surface area contributed by atoms with E-state index in [2.05, 4.69) is 48.5 Å². The topological polar surface area (TPSA) is 66.0 Å². The number of nitrogens with one attached hydrogen (secondary N) is 2. The van der Waals surface area contributed by atoms with Gasteiger partial charge in [0.05, 0.1) is 6.61 Å². The van der Waals surface area contributed by atoms with Crippen LogP contribution in [-0.2, 0) is 16.0 Å². The summed E-state index contributed by atoms with van der Waals surface area (Å²) in [5, 5.41) is 6.59. The van der Waals surface area contributed by atoms with Crippen molar-refractivity contribution >= 4 is 11.9 Å². The molecule has 0 spiro atoms. The smallest absolute Gasteiger partial charge is 0.223 e. The molecule has 1 saturated heterocycles. The monoisotopic (exact) mass is 402 g/mol. The number of hydrogen-bond acceptors (Lipinski definition) is 3. The van der Waals surface area contributed by atoms with Gasteiger partial charge in [0.2, 0.25) is 5.91 Å². The predicted molar refractivity (Wildman–Crippen MR) is 119 cm³/mol. The largest absolute Gasteiger partial charge is 0.380 e. The molecule has 1 fully saturated rings. The third-order valence-electron chi connectivity index (χ3n) is 5.04. The Balaban J connectivity index is 1.70. The number of hydrogen-bond donors (Lipinski definition) is 2. The molecule has 2 rings (SSSR count). The fourth-order valence-corrected chi connectivity index (χ4v) is 3.33. The average Bonchev–Trinajstić information content (AvgIpc) is 3.07. The zero-order valence-electron chi connectivity index (χ0n) is 18.3. The van der Waals surface area contributed by atoms with Gasteiger partial charge in [0, 0.05) is 51.7 Å². The lowest BCUT2D eigenvalue weighted by Gasteiger charge is -2.16. The van der Waals surface area contributed by atoms with Gasteiger partial charge < -0.3 is 20.3 Å². The molecule has 2 N–H and O–H groups in total. The predicted octanol–water partition coefficient (Wildman–Crippen LogP) is 2.70. The van der Waals surface area contributed by atoms with E-state index < -0.39 is 0 Å². The zero-order chi connectivity index (χ0) is 20.9. The van der Waals surface area contributed by atoms with Gasteiger partial charge in [-0.05, 0) is 31.2 Å². The van der Waals surface area contributed by atoms with E-state index in [1.165, 1.54) is 5.56 Å². The lowest BCUT2D eigenvalue weighted by Crippen LogP contribution is -2.39. The second-order valence-electron chi connectivity index (χ2n) is 8.09. The van der Waals surface area contributed by atoms with Crippen molar-refractivity contribution in [2.75, 3.05) is 45.9 Å². The number of rotatable bonds is 12. The maximum atomic E-state index is 12.3. The van der Waals surface area contributed by atoms with Crippen LogP contribution in [0.15, 0.2) is 35.3 Å². The maximum absolute atomic E-state index is 12.3. The van der Waals surface area contributed by atoms with Crippen LogP contribution in [0.4, 0.5) is 0 Å². The summed E-state index contributed by atoms with van der Waals surface area (Å²) < 4.78 is 5.65. The summed E-state index contributed by atoms with van der Waals surface area (Å²) in [6, 6.07) is 10.3. The molecule has 6 heteroatoms. The number of nitrogens with zero attached hydrogens (tertiary/aromatic N) is 2. The fourth-order valence-electron chi connectivity index (χ4n) is 3.33. The van der Waals surface area contributed by atoms with Gasteiger partial charge in [-0.2, -0.15) is 0 Å². The van der Waals surface area contributed by atoms with Crippen molar-refractivity contribution in [2.24, 2.45) is 16.8 Å². The first-order chi connectivity index (χ1) is 14.1. The third kappa shape index (κ3) is 9.31. The van der Waals surface area contributed by atoms with Gasteiger partial charge in [-0.15, -0.1) is 0 Å². The molecular weight excluding hydrogens is 364 g/mol. The first kappa shape index (κ1) is 23.2. The molecule has 1 unspecified atom stereocenters. The minimum atomic E-state index is 0.248. The van der Waals surface area contributed by atoms with Gasteiger partial charge in [-0.3, -0.25) is 9.79 Å². The standard InChI is InChI=1S/C23H38N4O2/c1-4-24-23(25-12-15-29-14-11-19(2)3)26-17-21-16-22(28)27(18-21)13-10-20-8-6-5-7-9-20/h5-9,19,21H,4,10-18H2,1-3H3,(H2,24,25,26).